The second-order valence-corrected chi connectivity index (χ2v) is 4.23. The largest absolute Gasteiger partial charge is 0.399 e. The predicted octanol–water partition coefficient (Wildman–Crippen LogP) is 1.10. The SMILES string of the molecule is Nc1ccc2c(c1)CCC2.O=S(=O)(O)O. The van der Waals surface area contributed by atoms with Crippen LogP contribution in [0.15, 0.2) is 18.2 Å². The van der Waals surface area contributed by atoms with Crippen LogP contribution < -0.4 is 5.73 Å². The van der Waals surface area contributed by atoms with Gasteiger partial charge in [0.2, 0.25) is 0 Å². The fourth-order valence-electron chi connectivity index (χ4n) is 1.59. The van der Waals surface area contributed by atoms with Crippen LogP contribution in [0.5, 0.6) is 0 Å². The average Bonchev–Trinajstić information content (AvgIpc) is 2.47. The fraction of sp³-hybridized carbons (Fsp3) is 0.333. The molecule has 0 saturated heterocycles. The van der Waals surface area contributed by atoms with Crippen LogP contribution >= 0.6 is 0 Å². The lowest BCUT2D eigenvalue weighted by Crippen LogP contribution is -1.89. The molecule has 5 nitrogen and oxygen atoms in total. The summed E-state index contributed by atoms with van der Waals surface area (Å²) in [6.07, 6.45) is 3.77. The number of aryl methyl sites for hydroxylation is 2. The van der Waals surface area contributed by atoms with Crippen molar-refractivity contribution in [2.24, 2.45) is 0 Å². The van der Waals surface area contributed by atoms with Crippen molar-refractivity contribution in [3.05, 3.63) is 29.3 Å². The number of anilines is 1. The van der Waals surface area contributed by atoms with Crippen LogP contribution in [0.2, 0.25) is 0 Å². The molecule has 84 valence electrons. The Balaban J connectivity index is 0.000000195. The molecule has 1 aromatic carbocycles. The molecule has 0 amide bonds. The van der Waals surface area contributed by atoms with Crippen molar-refractivity contribution in [2.45, 2.75) is 19.3 Å². The molecule has 0 radical (unpaired) electrons. The lowest BCUT2D eigenvalue weighted by atomic mass is 10.1. The van der Waals surface area contributed by atoms with Crippen LogP contribution in [0.4, 0.5) is 5.69 Å². The van der Waals surface area contributed by atoms with Crippen molar-refractivity contribution >= 4 is 16.1 Å². The molecule has 0 aromatic heterocycles. The number of fused-ring (bicyclic) bond motifs is 1. The molecular formula is C9H13NO4S. The minimum atomic E-state index is -4.67. The Morgan fingerprint density at radius 1 is 1.13 bits per heavy atom. The zero-order chi connectivity index (χ0) is 11.5. The Kier molecular flexibility index (Phi) is 3.67. The predicted molar refractivity (Wildman–Crippen MR) is 57.1 cm³/mol. The molecule has 0 saturated carbocycles. The molecule has 0 atom stereocenters. The minimum Gasteiger partial charge on any atom is -0.399 e. The van der Waals surface area contributed by atoms with Crippen LogP contribution in [0, 0.1) is 0 Å². The van der Waals surface area contributed by atoms with Crippen molar-refractivity contribution in [1.82, 2.24) is 0 Å². The van der Waals surface area contributed by atoms with Gasteiger partial charge in [-0.25, -0.2) is 0 Å². The summed E-state index contributed by atoms with van der Waals surface area (Å²) in [7, 11) is -4.67. The zero-order valence-electron chi connectivity index (χ0n) is 8.05. The van der Waals surface area contributed by atoms with Crippen LogP contribution in [0.25, 0.3) is 0 Å². The maximum Gasteiger partial charge on any atom is 0.394 e. The van der Waals surface area contributed by atoms with Crippen LogP contribution in [-0.4, -0.2) is 17.5 Å². The maximum absolute atomic E-state index is 8.74. The van der Waals surface area contributed by atoms with E-state index in [9.17, 15) is 0 Å². The second kappa shape index (κ2) is 4.61. The molecule has 0 bridgehead atoms. The van der Waals surface area contributed by atoms with E-state index in [2.05, 4.69) is 12.1 Å². The van der Waals surface area contributed by atoms with E-state index < -0.39 is 10.4 Å². The average molecular weight is 231 g/mol. The van der Waals surface area contributed by atoms with Crippen molar-refractivity contribution in [3.63, 3.8) is 0 Å². The van der Waals surface area contributed by atoms with Gasteiger partial charge in [0.1, 0.15) is 0 Å². The van der Waals surface area contributed by atoms with Gasteiger partial charge in [-0.15, -0.1) is 0 Å². The quantitative estimate of drug-likeness (QED) is 0.458. The summed E-state index contributed by atoms with van der Waals surface area (Å²) < 4.78 is 31.6. The van der Waals surface area contributed by atoms with E-state index in [0.29, 0.717) is 0 Å². The van der Waals surface area contributed by atoms with E-state index in [1.807, 2.05) is 6.07 Å². The van der Waals surface area contributed by atoms with Crippen molar-refractivity contribution in [2.75, 3.05) is 5.73 Å². The monoisotopic (exact) mass is 231 g/mol. The summed E-state index contributed by atoms with van der Waals surface area (Å²) in [6.45, 7) is 0. The molecule has 2 rings (SSSR count). The Labute approximate surface area is 88.5 Å². The fourth-order valence-corrected chi connectivity index (χ4v) is 1.59. The van der Waals surface area contributed by atoms with Crippen molar-refractivity contribution in [3.8, 4) is 0 Å². The molecule has 0 spiro atoms. The highest BCUT2D eigenvalue weighted by molar-refractivity contribution is 7.79. The highest BCUT2D eigenvalue weighted by Crippen LogP contribution is 2.23. The van der Waals surface area contributed by atoms with E-state index in [1.165, 1.54) is 30.4 Å². The molecule has 4 N–H and O–H groups in total. The molecule has 0 aliphatic heterocycles. The number of rotatable bonds is 0. The Bertz CT molecular complexity index is 433. The number of hydrogen-bond acceptors (Lipinski definition) is 3. The normalized spacial score (nSPS) is 14.0. The van der Waals surface area contributed by atoms with E-state index in [4.69, 9.17) is 23.3 Å². The molecule has 0 heterocycles. The van der Waals surface area contributed by atoms with Gasteiger partial charge < -0.3 is 5.73 Å². The third-order valence-electron chi connectivity index (χ3n) is 2.12. The summed E-state index contributed by atoms with van der Waals surface area (Å²) >= 11 is 0. The van der Waals surface area contributed by atoms with Gasteiger partial charge in [0, 0.05) is 5.69 Å². The van der Waals surface area contributed by atoms with Gasteiger partial charge in [-0.3, -0.25) is 9.11 Å². The third-order valence-corrected chi connectivity index (χ3v) is 2.12. The summed E-state index contributed by atoms with van der Waals surface area (Å²) in [5, 5.41) is 0. The number of hydrogen-bond donors (Lipinski definition) is 3. The first kappa shape index (κ1) is 12.0. The van der Waals surface area contributed by atoms with Crippen LogP contribution in [0.3, 0.4) is 0 Å². The summed E-state index contributed by atoms with van der Waals surface area (Å²) in [6, 6.07) is 6.24. The lowest BCUT2D eigenvalue weighted by molar-refractivity contribution is 0.381. The van der Waals surface area contributed by atoms with Crippen molar-refractivity contribution < 1.29 is 17.5 Å². The molecule has 15 heavy (non-hydrogen) atoms. The molecule has 1 aromatic rings. The molecule has 1 aliphatic carbocycles. The van der Waals surface area contributed by atoms with Gasteiger partial charge in [0.15, 0.2) is 0 Å². The van der Waals surface area contributed by atoms with Gasteiger partial charge in [-0.05, 0) is 42.5 Å². The number of nitrogens with two attached hydrogens (primary N) is 1. The first-order valence-electron chi connectivity index (χ1n) is 4.43. The summed E-state index contributed by atoms with van der Waals surface area (Å²) in [5.74, 6) is 0. The van der Waals surface area contributed by atoms with E-state index >= 15 is 0 Å². The Morgan fingerprint density at radius 3 is 2.27 bits per heavy atom. The molecule has 6 heteroatoms. The van der Waals surface area contributed by atoms with Gasteiger partial charge in [-0.2, -0.15) is 8.42 Å². The smallest absolute Gasteiger partial charge is 0.394 e. The lowest BCUT2D eigenvalue weighted by Gasteiger charge is -1.98. The van der Waals surface area contributed by atoms with Crippen LogP contribution in [0.1, 0.15) is 17.5 Å². The highest BCUT2D eigenvalue weighted by atomic mass is 32.3. The van der Waals surface area contributed by atoms with Gasteiger partial charge in [0.05, 0.1) is 0 Å². The first-order valence-corrected chi connectivity index (χ1v) is 5.83. The first-order chi connectivity index (χ1) is 6.86. The molecule has 0 fully saturated rings. The molecule has 0 unspecified atom stereocenters. The van der Waals surface area contributed by atoms with Gasteiger partial charge in [-0.1, -0.05) is 6.07 Å². The Hall–Kier alpha value is -1.11. The van der Waals surface area contributed by atoms with E-state index in [-0.39, 0.29) is 0 Å². The topological polar surface area (TPSA) is 101 Å². The van der Waals surface area contributed by atoms with Gasteiger partial charge >= 0.3 is 10.4 Å². The highest BCUT2D eigenvalue weighted by Gasteiger charge is 2.09. The van der Waals surface area contributed by atoms with Gasteiger partial charge in [0.25, 0.3) is 0 Å². The molecule has 1 aliphatic rings. The van der Waals surface area contributed by atoms with E-state index in [1.54, 1.807) is 0 Å². The zero-order valence-corrected chi connectivity index (χ0v) is 8.87. The maximum atomic E-state index is 8.74. The van der Waals surface area contributed by atoms with E-state index in [0.717, 1.165) is 5.69 Å². The number of nitrogen functional groups attached to an aromatic ring is 1. The molecular weight excluding hydrogens is 218 g/mol. The minimum absolute atomic E-state index is 0.903. The second-order valence-electron chi connectivity index (χ2n) is 3.33. The number of benzene rings is 1. The summed E-state index contributed by atoms with van der Waals surface area (Å²) in [4.78, 5) is 0. The van der Waals surface area contributed by atoms with Crippen molar-refractivity contribution in [1.29, 1.82) is 0 Å². The third kappa shape index (κ3) is 4.78. The Morgan fingerprint density at radius 2 is 1.67 bits per heavy atom. The van der Waals surface area contributed by atoms with Crippen LogP contribution in [-0.2, 0) is 23.2 Å². The summed E-state index contributed by atoms with van der Waals surface area (Å²) in [5.41, 5.74) is 9.49. The standard InChI is InChI=1S/C9H11N.H2O4S/c10-9-5-4-7-2-1-3-8(7)6-9;1-5(2,3)4/h4-6H,1-3,10H2;(H2,1,2,3,4).